The van der Waals surface area contributed by atoms with Gasteiger partial charge in [-0.15, -0.1) is 0 Å². The number of piperazine rings is 1. The van der Waals surface area contributed by atoms with E-state index in [4.69, 9.17) is 4.74 Å². The molecule has 0 aliphatic carbocycles. The second-order valence-corrected chi connectivity index (χ2v) is 9.75. The Labute approximate surface area is 210 Å². The molecule has 172 valence electrons. The van der Waals surface area contributed by atoms with E-state index in [0.717, 1.165) is 37.2 Å². The minimum Gasteiger partial charge on any atom is -0.493 e. The third-order valence-electron chi connectivity index (χ3n) is 5.47. The van der Waals surface area contributed by atoms with E-state index in [9.17, 15) is 14.4 Å². The van der Waals surface area contributed by atoms with Crippen LogP contribution in [-0.4, -0.2) is 66.2 Å². The predicted octanol–water partition coefficient (Wildman–Crippen LogP) is 4.08. The highest BCUT2D eigenvalue weighted by Gasteiger charge is 2.37. The van der Waals surface area contributed by atoms with Gasteiger partial charge in [-0.25, -0.2) is 0 Å². The Balaban J connectivity index is 1.37. The van der Waals surface area contributed by atoms with Crippen LogP contribution in [-0.2, 0) is 9.59 Å². The number of halogens is 1. The van der Waals surface area contributed by atoms with Gasteiger partial charge in [-0.1, -0.05) is 24.3 Å². The zero-order valence-electron chi connectivity index (χ0n) is 18.2. The van der Waals surface area contributed by atoms with Crippen molar-refractivity contribution in [2.75, 3.05) is 44.2 Å². The first-order chi connectivity index (χ1) is 16.0. The predicted molar refractivity (Wildman–Crippen MR) is 138 cm³/mol. The van der Waals surface area contributed by atoms with E-state index in [1.54, 1.807) is 11.0 Å². The SMILES string of the molecule is CCOc1ccc(/C=C2/SC(=O)N(CC(=O)N3CCN(c4ccccc4)CC3)C2=O)cc1I. The number of anilines is 1. The number of imide groups is 1. The summed E-state index contributed by atoms with van der Waals surface area (Å²) in [5.74, 6) is 0.147. The summed E-state index contributed by atoms with van der Waals surface area (Å²) in [6.45, 7) is 4.82. The lowest BCUT2D eigenvalue weighted by Crippen LogP contribution is -2.51. The fraction of sp³-hybridized carbons (Fsp3) is 0.292. The summed E-state index contributed by atoms with van der Waals surface area (Å²) in [5.41, 5.74) is 1.93. The molecule has 7 nitrogen and oxygen atoms in total. The van der Waals surface area contributed by atoms with Gasteiger partial charge in [0.15, 0.2) is 0 Å². The van der Waals surface area contributed by atoms with Crippen molar-refractivity contribution in [3.8, 4) is 5.75 Å². The Hall–Kier alpha value is -2.53. The summed E-state index contributed by atoms with van der Waals surface area (Å²) in [6, 6.07) is 15.7. The van der Waals surface area contributed by atoms with Crippen LogP contribution in [0, 0.1) is 3.57 Å². The van der Waals surface area contributed by atoms with E-state index in [0.29, 0.717) is 37.7 Å². The molecule has 2 aliphatic heterocycles. The van der Waals surface area contributed by atoms with Gasteiger partial charge in [0.05, 0.1) is 15.1 Å². The molecule has 0 radical (unpaired) electrons. The summed E-state index contributed by atoms with van der Waals surface area (Å²) < 4.78 is 6.47. The Bertz CT molecular complexity index is 1080. The first-order valence-electron chi connectivity index (χ1n) is 10.7. The van der Waals surface area contributed by atoms with Crippen molar-refractivity contribution in [2.45, 2.75) is 6.92 Å². The highest BCUT2D eigenvalue weighted by atomic mass is 127. The summed E-state index contributed by atoms with van der Waals surface area (Å²) in [6.07, 6.45) is 1.69. The number of ether oxygens (including phenoxy) is 1. The number of thioether (sulfide) groups is 1. The fourth-order valence-electron chi connectivity index (χ4n) is 3.76. The summed E-state index contributed by atoms with van der Waals surface area (Å²) >= 11 is 3.05. The standard InChI is InChI=1S/C24H24IN3O4S/c1-2-32-20-9-8-17(14-19(20)25)15-21-23(30)28(24(31)33-21)16-22(29)27-12-10-26(11-13-27)18-6-4-3-5-7-18/h3-9,14-15H,2,10-13,16H2,1H3/b21-15+. The summed E-state index contributed by atoms with van der Waals surface area (Å²) in [4.78, 5) is 43.4. The second-order valence-electron chi connectivity index (χ2n) is 7.59. The molecule has 4 rings (SSSR count). The van der Waals surface area contributed by atoms with Crippen LogP contribution in [0.15, 0.2) is 53.4 Å². The first kappa shape index (κ1) is 23.6. The molecule has 2 aromatic carbocycles. The number of nitrogens with zero attached hydrogens (tertiary/aromatic N) is 3. The molecule has 2 heterocycles. The monoisotopic (exact) mass is 577 g/mol. The van der Waals surface area contributed by atoms with E-state index in [1.807, 2.05) is 43.3 Å². The smallest absolute Gasteiger partial charge is 0.294 e. The fourth-order valence-corrected chi connectivity index (χ4v) is 5.29. The van der Waals surface area contributed by atoms with Gasteiger partial charge in [0.1, 0.15) is 12.3 Å². The van der Waals surface area contributed by atoms with Crippen LogP contribution in [0.25, 0.3) is 6.08 Å². The van der Waals surface area contributed by atoms with Gasteiger partial charge in [-0.05, 0) is 77.2 Å². The molecule has 0 N–H and O–H groups in total. The number of amides is 3. The molecule has 9 heteroatoms. The second kappa shape index (κ2) is 10.6. The first-order valence-corrected chi connectivity index (χ1v) is 12.6. The number of rotatable bonds is 6. The molecule has 0 spiro atoms. The van der Waals surface area contributed by atoms with Crippen LogP contribution >= 0.6 is 34.4 Å². The van der Waals surface area contributed by atoms with Crippen LogP contribution in [0.3, 0.4) is 0 Å². The minimum absolute atomic E-state index is 0.207. The number of para-hydroxylation sites is 1. The Morgan fingerprint density at radius 2 is 1.82 bits per heavy atom. The Morgan fingerprint density at radius 1 is 1.09 bits per heavy atom. The van der Waals surface area contributed by atoms with Gasteiger partial charge < -0.3 is 14.5 Å². The normalized spacial score (nSPS) is 17.8. The van der Waals surface area contributed by atoms with Gasteiger partial charge >= 0.3 is 0 Å². The van der Waals surface area contributed by atoms with Gasteiger partial charge in [-0.2, -0.15) is 0 Å². The highest BCUT2D eigenvalue weighted by Crippen LogP contribution is 2.33. The van der Waals surface area contributed by atoms with E-state index < -0.39 is 11.1 Å². The molecule has 3 amide bonds. The van der Waals surface area contributed by atoms with Gasteiger partial charge in [0, 0.05) is 31.9 Å². The molecule has 0 aromatic heterocycles. The van der Waals surface area contributed by atoms with Crippen molar-refractivity contribution >= 4 is 63.2 Å². The number of benzene rings is 2. The molecule has 2 fully saturated rings. The molecular formula is C24H24IN3O4S. The van der Waals surface area contributed by atoms with Crippen molar-refractivity contribution in [3.63, 3.8) is 0 Å². The van der Waals surface area contributed by atoms with Crippen molar-refractivity contribution in [2.24, 2.45) is 0 Å². The zero-order chi connectivity index (χ0) is 23.4. The largest absolute Gasteiger partial charge is 0.493 e. The third-order valence-corrected chi connectivity index (χ3v) is 7.22. The number of hydrogen-bond acceptors (Lipinski definition) is 6. The average molecular weight is 577 g/mol. The molecular weight excluding hydrogens is 553 g/mol. The van der Waals surface area contributed by atoms with Crippen molar-refractivity contribution in [1.29, 1.82) is 0 Å². The maximum Gasteiger partial charge on any atom is 0.294 e. The number of carbonyl (C=O) groups is 3. The molecule has 2 aromatic rings. The number of hydrogen-bond donors (Lipinski definition) is 0. The van der Waals surface area contributed by atoms with E-state index in [-0.39, 0.29) is 12.5 Å². The molecule has 33 heavy (non-hydrogen) atoms. The van der Waals surface area contributed by atoms with Gasteiger partial charge in [-0.3, -0.25) is 19.3 Å². The quantitative estimate of drug-likeness (QED) is 0.381. The molecule has 0 saturated carbocycles. The Morgan fingerprint density at radius 3 is 2.48 bits per heavy atom. The molecule has 2 saturated heterocycles. The van der Waals surface area contributed by atoms with Crippen LogP contribution in [0.2, 0.25) is 0 Å². The van der Waals surface area contributed by atoms with E-state index in [1.165, 1.54) is 0 Å². The summed E-state index contributed by atoms with van der Waals surface area (Å²) in [5, 5.41) is -0.414. The third kappa shape index (κ3) is 5.52. The Kier molecular flexibility index (Phi) is 7.59. The van der Waals surface area contributed by atoms with E-state index >= 15 is 0 Å². The van der Waals surface area contributed by atoms with Crippen LogP contribution < -0.4 is 9.64 Å². The number of carbonyl (C=O) groups excluding carboxylic acids is 3. The molecule has 0 unspecified atom stereocenters. The highest BCUT2D eigenvalue weighted by molar-refractivity contribution is 14.1. The zero-order valence-corrected chi connectivity index (χ0v) is 21.2. The van der Waals surface area contributed by atoms with Crippen LogP contribution in [0.5, 0.6) is 5.75 Å². The lowest BCUT2D eigenvalue weighted by molar-refractivity contribution is -0.136. The van der Waals surface area contributed by atoms with Crippen molar-refractivity contribution in [3.05, 3.63) is 62.6 Å². The van der Waals surface area contributed by atoms with Crippen LogP contribution in [0.4, 0.5) is 10.5 Å². The van der Waals surface area contributed by atoms with Crippen LogP contribution in [0.1, 0.15) is 12.5 Å². The molecule has 0 bridgehead atoms. The molecule has 0 atom stereocenters. The van der Waals surface area contributed by atoms with E-state index in [2.05, 4.69) is 39.6 Å². The van der Waals surface area contributed by atoms with Crippen molar-refractivity contribution in [1.82, 2.24) is 9.80 Å². The lowest BCUT2D eigenvalue weighted by atomic mass is 10.2. The molecule has 2 aliphatic rings. The average Bonchev–Trinajstić information content (AvgIpc) is 3.09. The maximum atomic E-state index is 12.8. The minimum atomic E-state index is -0.426. The topological polar surface area (TPSA) is 70.2 Å². The van der Waals surface area contributed by atoms with Gasteiger partial charge in [0.2, 0.25) is 5.91 Å². The summed E-state index contributed by atoms with van der Waals surface area (Å²) in [7, 11) is 0. The maximum absolute atomic E-state index is 12.8. The van der Waals surface area contributed by atoms with Gasteiger partial charge in [0.25, 0.3) is 11.1 Å². The van der Waals surface area contributed by atoms with Crippen molar-refractivity contribution < 1.29 is 19.1 Å². The lowest BCUT2D eigenvalue weighted by Gasteiger charge is -2.36.